The molecule has 1 unspecified atom stereocenters. The number of hydrogen-bond donors (Lipinski definition) is 1. The van der Waals surface area contributed by atoms with Gasteiger partial charge < -0.3 is 5.11 Å². The van der Waals surface area contributed by atoms with Crippen molar-refractivity contribution in [3.8, 4) is 11.1 Å². The Morgan fingerprint density at radius 3 is 2.64 bits per heavy atom. The molecular weight excluding hydrogens is 272 g/mol. The minimum Gasteiger partial charge on any atom is -0.393 e. The van der Waals surface area contributed by atoms with E-state index in [-0.39, 0.29) is 6.10 Å². The van der Waals surface area contributed by atoms with Crippen molar-refractivity contribution in [2.24, 2.45) is 5.92 Å². The van der Waals surface area contributed by atoms with Gasteiger partial charge in [-0.25, -0.2) is 0 Å². The highest BCUT2D eigenvalue weighted by Gasteiger charge is 2.22. The Balaban J connectivity index is 1.64. The molecule has 22 heavy (non-hydrogen) atoms. The Morgan fingerprint density at radius 2 is 1.95 bits per heavy atom. The summed E-state index contributed by atoms with van der Waals surface area (Å²) >= 11 is 0. The van der Waals surface area contributed by atoms with Crippen molar-refractivity contribution in [1.29, 1.82) is 0 Å². The molecule has 0 aliphatic carbocycles. The third-order valence-electron chi connectivity index (χ3n) is 4.64. The summed E-state index contributed by atoms with van der Waals surface area (Å²) in [4.78, 5) is 6.68. The average molecular weight is 296 g/mol. The molecule has 2 heterocycles. The lowest BCUT2D eigenvalue weighted by Gasteiger charge is -2.33. The predicted molar refractivity (Wildman–Crippen MR) is 89.4 cm³/mol. The van der Waals surface area contributed by atoms with Crippen LogP contribution < -0.4 is 0 Å². The molecule has 1 aliphatic rings. The van der Waals surface area contributed by atoms with Crippen molar-refractivity contribution in [2.75, 3.05) is 13.1 Å². The van der Waals surface area contributed by atoms with Crippen molar-refractivity contribution < 1.29 is 5.11 Å². The van der Waals surface area contributed by atoms with Crippen LogP contribution in [0.15, 0.2) is 48.8 Å². The van der Waals surface area contributed by atoms with E-state index < -0.39 is 0 Å². The van der Waals surface area contributed by atoms with Crippen molar-refractivity contribution in [2.45, 2.75) is 32.4 Å². The number of aliphatic hydroxyl groups excluding tert-OH is 1. The van der Waals surface area contributed by atoms with Gasteiger partial charge in [-0.15, -0.1) is 0 Å². The zero-order chi connectivity index (χ0) is 15.4. The highest BCUT2D eigenvalue weighted by Crippen LogP contribution is 2.24. The van der Waals surface area contributed by atoms with Crippen LogP contribution in [0.3, 0.4) is 0 Å². The van der Waals surface area contributed by atoms with Crippen LogP contribution in [0.4, 0.5) is 0 Å². The molecular formula is C19H24N2O. The molecule has 0 spiro atoms. The Kier molecular flexibility index (Phi) is 4.86. The van der Waals surface area contributed by atoms with Gasteiger partial charge in [0.25, 0.3) is 0 Å². The average Bonchev–Trinajstić information content (AvgIpc) is 2.56. The number of pyridine rings is 1. The van der Waals surface area contributed by atoms with Crippen LogP contribution in [0.1, 0.15) is 25.3 Å². The van der Waals surface area contributed by atoms with Crippen LogP contribution >= 0.6 is 0 Å². The molecule has 1 aromatic carbocycles. The summed E-state index contributed by atoms with van der Waals surface area (Å²) in [7, 11) is 0. The van der Waals surface area contributed by atoms with Crippen molar-refractivity contribution >= 4 is 0 Å². The van der Waals surface area contributed by atoms with Gasteiger partial charge in [0.15, 0.2) is 0 Å². The van der Waals surface area contributed by atoms with Crippen LogP contribution in [0.2, 0.25) is 0 Å². The van der Waals surface area contributed by atoms with Gasteiger partial charge in [0.2, 0.25) is 0 Å². The van der Waals surface area contributed by atoms with E-state index in [1.165, 1.54) is 11.1 Å². The van der Waals surface area contributed by atoms with Crippen LogP contribution in [-0.2, 0) is 6.54 Å². The summed E-state index contributed by atoms with van der Waals surface area (Å²) in [6.45, 7) is 5.05. The van der Waals surface area contributed by atoms with E-state index in [0.717, 1.165) is 38.0 Å². The molecule has 1 aliphatic heterocycles. The van der Waals surface area contributed by atoms with E-state index in [4.69, 9.17) is 0 Å². The third kappa shape index (κ3) is 3.73. The molecule has 0 amide bonds. The molecule has 1 atom stereocenters. The summed E-state index contributed by atoms with van der Waals surface area (Å²) in [5.74, 6) is 0.470. The molecule has 3 heteroatoms. The van der Waals surface area contributed by atoms with Crippen molar-refractivity contribution in [3.05, 3.63) is 54.4 Å². The summed E-state index contributed by atoms with van der Waals surface area (Å²) in [6.07, 6.45) is 5.74. The molecule has 1 fully saturated rings. The van der Waals surface area contributed by atoms with Gasteiger partial charge in [0, 0.05) is 18.9 Å². The highest BCUT2D eigenvalue weighted by molar-refractivity contribution is 5.62. The van der Waals surface area contributed by atoms with E-state index in [0.29, 0.717) is 5.92 Å². The lowest BCUT2D eigenvalue weighted by Crippen LogP contribution is -2.36. The van der Waals surface area contributed by atoms with Gasteiger partial charge in [-0.3, -0.25) is 9.88 Å². The summed E-state index contributed by atoms with van der Waals surface area (Å²) in [6, 6.07) is 12.8. The lowest BCUT2D eigenvalue weighted by atomic mass is 9.92. The topological polar surface area (TPSA) is 36.4 Å². The van der Waals surface area contributed by atoms with E-state index in [1.807, 2.05) is 19.2 Å². The van der Waals surface area contributed by atoms with Gasteiger partial charge in [-0.2, -0.15) is 0 Å². The van der Waals surface area contributed by atoms with E-state index in [2.05, 4.69) is 40.2 Å². The summed E-state index contributed by atoms with van der Waals surface area (Å²) in [5.41, 5.74) is 3.73. The molecule has 0 radical (unpaired) electrons. The van der Waals surface area contributed by atoms with Gasteiger partial charge in [0.1, 0.15) is 0 Å². The quantitative estimate of drug-likeness (QED) is 0.940. The highest BCUT2D eigenvalue weighted by atomic mass is 16.3. The van der Waals surface area contributed by atoms with Crippen molar-refractivity contribution in [1.82, 2.24) is 9.88 Å². The van der Waals surface area contributed by atoms with E-state index in [1.54, 1.807) is 6.20 Å². The Hall–Kier alpha value is -1.71. The molecule has 3 rings (SSSR count). The number of aromatic nitrogens is 1. The molecule has 3 nitrogen and oxygen atoms in total. The number of piperidine rings is 1. The monoisotopic (exact) mass is 296 g/mol. The number of nitrogens with zero attached hydrogens (tertiary/aromatic N) is 2. The van der Waals surface area contributed by atoms with E-state index >= 15 is 0 Å². The lowest BCUT2D eigenvalue weighted by molar-refractivity contribution is 0.0695. The van der Waals surface area contributed by atoms with Crippen LogP contribution in [-0.4, -0.2) is 34.2 Å². The Labute approximate surface area is 132 Å². The second-order valence-corrected chi connectivity index (χ2v) is 6.30. The maximum absolute atomic E-state index is 9.69. The van der Waals surface area contributed by atoms with Crippen molar-refractivity contribution in [3.63, 3.8) is 0 Å². The fraction of sp³-hybridized carbons (Fsp3) is 0.421. The molecule has 1 saturated heterocycles. The molecule has 0 bridgehead atoms. The van der Waals surface area contributed by atoms with Crippen LogP contribution in [0, 0.1) is 5.92 Å². The molecule has 116 valence electrons. The largest absolute Gasteiger partial charge is 0.393 e. The molecule has 2 aromatic rings. The molecule has 1 aromatic heterocycles. The molecule has 0 saturated carbocycles. The normalized spacial score (nSPS) is 18.3. The first kappa shape index (κ1) is 15.2. The number of likely N-dealkylation sites (tertiary alicyclic amines) is 1. The fourth-order valence-electron chi connectivity index (χ4n) is 3.23. The second kappa shape index (κ2) is 7.03. The number of rotatable bonds is 4. The van der Waals surface area contributed by atoms with E-state index in [9.17, 15) is 5.11 Å². The maximum Gasteiger partial charge on any atom is 0.0541 e. The van der Waals surface area contributed by atoms with Gasteiger partial charge in [-0.1, -0.05) is 24.3 Å². The summed E-state index contributed by atoms with van der Waals surface area (Å²) < 4.78 is 0. The second-order valence-electron chi connectivity index (χ2n) is 6.30. The summed E-state index contributed by atoms with van der Waals surface area (Å²) in [5, 5.41) is 9.69. The van der Waals surface area contributed by atoms with Gasteiger partial charge >= 0.3 is 0 Å². The number of hydrogen-bond acceptors (Lipinski definition) is 3. The zero-order valence-corrected chi connectivity index (χ0v) is 13.2. The Morgan fingerprint density at radius 1 is 1.18 bits per heavy atom. The van der Waals surface area contributed by atoms with Crippen LogP contribution in [0.25, 0.3) is 11.1 Å². The van der Waals surface area contributed by atoms with Gasteiger partial charge in [-0.05, 0) is 67.6 Å². The molecule has 1 N–H and O–H groups in total. The first-order valence-electron chi connectivity index (χ1n) is 8.12. The predicted octanol–water partition coefficient (Wildman–Crippen LogP) is 3.34. The first-order chi connectivity index (χ1) is 10.7. The van der Waals surface area contributed by atoms with Gasteiger partial charge in [0.05, 0.1) is 6.10 Å². The number of benzene rings is 1. The van der Waals surface area contributed by atoms with Crippen LogP contribution in [0.5, 0.6) is 0 Å². The standard InChI is InChI=1S/C19H24N2O/c1-15(22)17-7-10-21(11-8-17)14-16-4-2-5-18(12-16)19-6-3-9-20-13-19/h2-6,9,12-13,15,17,22H,7-8,10-11,14H2,1H3. The smallest absolute Gasteiger partial charge is 0.0541 e. The minimum atomic E-state index is -0.170. The third-order valence-corrected chi connectivity index (χ3v) is 4.64. The number of aliphatic hydroxyl groups is 1. The fourth-order valence-corrected chi connectivity index (χ4v) is 3.23. The Bertz CT molecular complexity index is 589. The zero-order valence-electron chi connectivity index (χ0n) is 13.2. The minimum absolute atomic E-state index is 0.170. The maximum atomic E-state index is 9.69. The SMILES string of the molecule is CC(O)C1CCN(Cc2cccc(-c3cccnc3)c2)CC1. The first-order valence-corrected chi connectivity index (χ1v) is 8.12.